The standard InChI is InChI=1S/C23H40O3Si/c1-6-27(7-2,8-3)26-23(21-15-18-11-9-12-19(18)16-21)14-10-13-20(23)17-22(24-4)25-5/h9,11,16,18-20,22H,6-8,10,12-15,17H2,1-5H3/t18-,19+,20-,23-/m0/s1. The van der Waals surface area contributed by atoms with Crippen LogP contribution >= 0.6 is 0 Å². The van der Waals surface area contributed by atoms with Gasteiger partial charge in [0, 0.05) is 20.6 Å². The van der Waals surface area contributed by atoms with Crippen molar-refractivity contribution >= 4 is 8.32 Å². The highest BCUT2D eigenvalue weighted by Gasteiger charge is 2.53. The zero-order valence-electron chi connectivity index (χ0n) is 18.1. The Balaban J connectivity index is 1.93. The lowest BCUT2D eigenvalue weighted by atomic mass is 9.80. The Labute approximate surface area is 167 Å². The van der Waals surface area contributed by atoms with E-state index >= 15 is 0 Å². The first-order valence-corrected chi connectivity index (χ1v) is 13.7. The maximum atomic E-state index is 7.42. The predicted molar refractivity (Wildman–Crippen MR) is 114 cm³/mol. The average molecular weight is 393 g/mol. The van der Waals surface area contributed by atoms with E-state index in [-0.39, 0.29) is 11.9 Å². The third-order valence-corrected chi connectivity index (χ3v) is 12.5. The van der Waals surface area contributed by atoms with Crippen LogP contribution in [0.2, 0.25) is 18.1 Å². The fourth-order valence-corrected chi connectivity index (χ4v) is 8.99. The van der Waals surface area contributed by atoms with Gasteiger partial charge in [0.1, 0.15) is 0 Å². The van der Waals surface area contributed by atoms with Crippen LogP contribution in [0.5, 0.6) is 0 Å². The third kappa shape index (κ3) is 4.01. The molecule has 3 aliphatic carbocycles. The van der Waals surface area contributed by atoms with E-state index < -0.39 is 8.32 Å². The molecule has 27 heavy (non-hydrogen) atoms. The van der Waals surface area contributed by atoms with E-state index in [2.05, 4.69) is 39.0 Å². The SMILES string of the molecule is CC[Si](CC)(CC)O[C@@]1(C2=C[C@H]3CC=C[C@H]3C2)CCC[C@H]1CC(OC)OC. The quantitative estimate of drug-likeness (QED) is 0.256. The molecule has 0 amide bonds. The van der Waals surface area contributed by atoms with Crippen molar-refractivity contribution in [3.63, 3.8) is 0 Å². The molecule has 0 aromatic rings. The molecule has 1 fully saturated rings. The smallest absolute Gasteiger partial charge is 0.193 e. The van der Waals surface area contributed by atoms with Crippen LogP contribution in [0.15, 0.2) is 23.8 Å². The minimum Gasteiger partial charge on any atom is -0.407 e. The molecule has 3 nitrogen and oxygen atoms in total. The summed E-state index contributed by atoms with van der Waals surface area (Å²) < 4.78 is 18.6. The van der Waals surface area contributed by atoms with Gasteiger partial charge in [-0.1, -0.05) is 39.0 Å². The summed E-state index contributed by atoms with van der Waals surface area (Å²) in [6.45, 7) is 7.06. The third-order valence-electron chi connectivity index (χ3n) is 7.85. The molecule has 0 heterocycles. The van der Waals surface area contributed by atoms with Gasteiger partial charge in [0.15, 0.2) is 14.6 Å². The van der Waals surface area contributed by atoms with Crippen molar-refractivity contribution in [1.29, 1.82) is 0 Å². The summed E-state index contributed by atoms with van der Waals surface area (Å²) in [4.78, 5) is 0. The van der Waals surface area contributed by atoms with Gasteiger partial charge in [-0.05, 0) is 73.6 Å². The number of hydrogen-bond donors (Lipinski definition) is 0. The molecule has 0 aromatic carbocycles. The Bertz CT molecular complexity index is 542. The van der Waals surface area contributed by atoms with Crippen LogP contribution in [0.1, 0.15) is 59.3 Å². The van der Waals surface area contributed by atoms with Crippen LogP contribution < -0.4 is 0 Å². The normalized spacial score (nSPS) is 33.1. The van der Waals surface area contributed by atoms with Crippen LogP contribution in [-0.2, 0) is 13.9 Å². The predicted octanol–water partition coefficient (Wildman–Crippen LogP) is 6.08. The zero-order chi connectivity index (χ0) is 19.5. The Hall–Kier alpha value is -0.423. The first kappa shape index (κ1) is 21.3. The van der Waals surface area contributed by atoms with Gasteiger partial charge in [0.2, 0.25) is 0 Å². The van der Waals surface area contributed by atoms with E-state index in [4.69, 9.17) is 13.9 Å². The lowest BCUT2D eigenvalue weighted by Gasteiger charge is -2.46. The molecular weight excluding hydrogens is 352 g/mol. The molecule has 0 aromatic heterocycles. The van der Waals surface area contributed by atoms with Crippen molar-refractivity contribution < 1.29 is 13.9 Å². The largest absolute Gasteiger partial charge is 0.407 e. The van der Waals surface area contributed by atoms with Crippen molar-refractivity contribution in [3.05, 3.63) is 23.8 Å². The van der Waals surface area contributed by atoms with Crippen molar-refractivity contribution in [2.24, 2.45) is 17.8 Å². The van der Waals surface area contributed by atoms with Crippen LogP contribution in [0.25, 0.3) is 0 Å². The minimum absolute atomic E-state index is 0.0677. The van der Waals surface area contributed by atoms with Crippen LogP contribution in [0, 0.1) is 17.8 Å². The van der Waals surface area contributed by atoms with E-state index in [0.717, 1.165) is 6.42 Å². The van der Waals surface area contributed by atoms with E-state index in [1.807, 2.05) is 0 Å². The highest BCUT2D eigenvalue weighted by atomic mass is 28.4. The lowest BCUT2D eigenvalue weighted by molar-refractivity contribution is -0.124. The molecule has 154 valence electrons. The molecule has 4 heteroatoms. The van der Waals surface area contributed by atoms with Crippen LogP contribution in [0.4, 0.5) is 0 Å². The van der Waals surface area contributed by atoms with E-state index in [0.29, 0.717) is 17.8 Å². The van der Waals surface area contributed by atoms with Gasteiger partial charge in [0.25, 0.3) is 0 Å². The highest BCUT2D eigenvalue weighted by Crippen LogP contribution is 2.54. The molecule has 0 N–H and O–H groups in total. The van der Waals surface area contributed by atoms with Crippen molar-refractivity contribution in [1.82, 2.24) is 0 Å². The maximum Gasteiger partial charge on any atom is 0.193 e. The summed E-state index contributed by atoms with van der Waals surface area (Å²) in [6, 6.07) is 3.64. The van der Waals surface area contributed by atoms with Gasteiger partial charge >= 0.3 is 0 Å². The highest BCUT2D eigenvalue weighted by molar-refractivity contribution is 6.73. The summed E-state index contributed by atoms with van der Waals surface area (Å²) in [7, 11) is 1.81. The molecular formula is C23H40O3Si. The Morgan fingerprint density at radius 1 is 1.11 bits per heavy atom. The van der Waals surface area contributed by atoms with Gasteiger partial charge in [0.05, 0.1) is 5.60 Å². The summed E-state index contributed by atoms with van der Waals surface area (Å²) >= 11 is 0. The molecule has 0 unspecified atom stereocenters. The molecule has 4 atom stereocenters. The number of ether oxygens (including phenoxy) is 2. The summed E-state index contributed by atoms with van der Waals surface area (Å²) in [6.07, 6.45) is 14.3. The average Bonchev–Trinajstić information content (AvgIpc) is 3.39. The van der Waals surface area contributed by atoms with Crippen LogP contribution in [0.3, 0.4) is 0 Å². The Morgan fingerprint density at radius 3 is 2.41 bits per heavy atom. The summed E-state index contributed by atoms with van der Waals surface area (Å²) in [5.41, 5.74) is 1.55. The maximum absolute atomic E-state index is 7.42. The van der Waals surface area contributed by atoms with Gasteiger partial charge in [-0.2, -0.15) is 0 Å². The first-order chi connectivity index (χ1) is 13.1. The molecule has 0 saturated heterocycles. The molecule has 0 spiro atoms. The van der Waals surface area contributed by atoms with Gasteiger partial charge in [-0.15, -0.1) is 0 Å². The number of hydrogen-bond acceptors (Lipinski definition) is 3. The van der Waals surface area contributed by atoms with Crippen molar-refractivity contribution in [2.45, 2.75) is 89.3 Å². The molecule has 0 aliphatic heterocycles. The van der Waals surface area contributed by atoms with Gasteiger partial charge in [-0.3, -0.25) is 0 Å². The number of fused-ring (bicyclic) bond motifs is 1. The van der Waals surface area contributed by atoms with E-state index in [9.17, 15) is 0 Å². The number of methoxy groups -OCH3 is 2. The van der Waals surface area contributed by atoms with Gasteiger partial charge < -0.3 is 13.9 Å². The van der Waals surface area contributed by atoms with E-state index in [1.54, 1.807) is 19.8 Å². The Morgan fingerprint density at radius 2 is 1.81 bits per heavy atom. The second-order valence-electron chi connectivity index (χ2n) is 8.85. The van der Waals surface area contributed by atoms with Crippen molar-refractivity contribution in [2.75, 3.05) is 14.2 Å². The Kier molecular flexibility index (Phi) is 7.05. The summed E-state index contributed by atoms with van der Waals surface area (Å²) in [5.74, 6) is 1.93. The summed E-state index contributed by atoms with van der Waals surface area (Å²) in [5, 5.41) is 0. The second-order valence-corrected chi connectivity index (χ2v) is 13.5. The second kappa shape index (κ2) is 8.94. The molecule has 3 rings (SSSR count). The number of allylic oxidation sites excluding steroid dienone is 3. The zero-order valence-corrected chi connectivity index (χ0v) is 19.1. The molecule has 3 aliphatic rings. The monoisotopic (exact) mass is 392 g/mol. The topological polar surface area (TPSA) is 27.7 Å². The fraction of sp³-hybridized carbons (Fsp3) is 0.826. The minimum atomic E-state index is -1.71. The fourth-order valence-electron chi connectivity index (χ4n) is 5.89. The van der Waals surface area contributed by atoms with E-state index in [1.165, 1.54) is 50.2 Å². The molecule has 0 radical (unpaired) electrons. The van der Waals surface area contributed by atoms with Crippen molar-refractivity contribution in [3.8, 4) is 0 Å². The van der Waals surface area contributed by atoms with Crippen LogP contribution in [-0.4, -0.2) is 34.4 Å². The van der Waals surface area contributed by atoms with Gasteiger partial charge in [-0.25, -0.2) is 0 Å². The molecule has 0 bridgehead atoms. The lowest BCUT2D eigenvalue weighted by Crippen LogP contribution is -2.51. The first-order valence-electron chi connectivity index (χ1n) is 11.2. The number of rotatable bonds is 10. The molecule has 1 saturated carbocycles.